The van der Waals surface area contributed by atoms with Crippen LogP contribution in [0.2, 0.25) is 0 Å². The number of aryl methyl sites for hydroxylation is 1. The summed E-state index contributed by atoms with van der Waals surface area (Å²) < 4.78 is 21.9. The second-order valence-electron chi connectivity index (χ2n) is 6.62. The van der Waals surface area contributed by atoms with E-state index in [2.05, 4.69) is 13.2 Å². The summed E-state index contributed by atoms with van der Waals surface area (Å²) in [5, 5.41) is 1.86. The normalized spacial score (nSPS) is 12.5. The summed E-state index contributed by atoms with van der Waals surface area (Å²) in [5.74, 6) is 0.418. The highest BCUT2D eigenvalue weighted by Crippen LogP contribution is 2.32. The van der Waals surface area contributed by atoms with Crippen LogP contribution in [0.4, 0.5) is 0 Å². The van der Waals surface area contributed by atoms with Crippen LogP contribution in [-0.4, -0.2) is 37.4 Å². The monoisotopic (exact) mass is 398 g/mol. The first-order valence-corrected chi connectivity index (χ1v) is 9.29. The molecular formula is C23H26O6. The van der Waals surface area contributed by atoms with Crippen LogP contribution in [0.25, 0.3) is 10.8 Å². The van der Waals surface area contributed by atoms with Gasteiger partial charge in [0.15, 0.2) is 0 Å². The fourth-order valence-electron chi connectivity index (χ4n) is 2.64. The van der Waals surface area contributed by atoms with Gasteiger partial charge in [0.1, 0.15) is 36.9 Å². The van der Waals surface area contributed by atoms with Gasteiger partial charge in [-0.15, -0.1) is 0 Å². The number of ether oxygens (including phenoxy) is 4. The van der Waals surface area contributed by atoms with Gasteiger partial charge in [0, 0.05) is 17.5 Å². The molecule has 2 atom stereocenters. The van der Waals surface area contributed by atoms with Crippen molar-refractivity contribution in [2.24, 2.45) is 0 Å². The third kappa shape index (κ3) is 6.38. The summed E-state index contributed by atoms with van der Waals surface area (Å²) >= 11 is 0. The van der Waals surface area contributed by atoms with Gasteiger partial charge in [-0.25, -0.2) is 9.59 Å². The summed E-state index contributed by atoms with van der Waals surface area (Å²) in [6.07, 6.45) is 1.45. The van der Waals surface area contributed by atoms with Crippen LogP contribution in [0.15, 0.2) is 55.6 Å². The minimum atomic E-state index is -0.482. The molecule has 0 aromatic heterocycles. The van der Waals surface area contributed by atoms with Crippen LogP contribution in [0.1, 0.15) is 19.4 Å². The first-order chi connectivity index (χ1) is 13.8. The Morgan fingerprint density at radius 1 is 0.931 bits per heavy atom. The van der Waals surface area contributed by atoms with E-state index in [9.17, 15) is 9.59 Å². The van der Waals surface area contributed by atoms with E-state index in [-0.39, 0.29) is 13.2 Å². The van der Waals surface area contributed by atoms with Crippen molar-refractivity contribution < 1.29 is 28.5 Å². The summed E-state index contributed by atoms with van der Waals surface area (Å²) in [5.41, 5.74) is 0.971. The molecule has 0 saturated carbocycles. The van der Waals surface area contributed by atoms with Crippen molar-refractivity contribution in [3.8, 4) is 11.5 Å². The molecule has 0 radical (unpaired) electrons. The molecule has 0 aliphatic rings. The lowest BCUT2D eigenvalue weighted by molar-refractivity contribution is -0.144. The number of rotatable bonds is 10. The highest BCUT2D eigenvalue weighted by Gasteiger charge is 2.12. The van der Waals surface area contributed by atoms with Gasteiger partial charge < -0.3 is 18.9 Å². The fraction of sp³-hybridized carbons (Fsp3) is 0.304. The summed E-state index contributed by atoms with van der Waals surface area (Å²) in [7, 11) is 0. The van der Waals surface area contributed by atoms with Gasteiger partial charge in [-0.2, -0.15) is 0 Å². The average Bonchev–Trinajstić information content (AvgIpc) is 2.71. The Morgan fingerprint density at radius 2 is 1.52 bits per heavy atom. The van der Waals surface area contributed by atoms with Gasteiger partial charge in [0.05, 0.1) is 0 Å². The number of fused-ring (bicyclic) bond motifs is 1. The Balaban J connectivity index is 2.09. The van der Waals surface area contributed by atoms with Gasteiger partial charge in [0.25, 0.3) is 0 Å². The lowest BCUT2D eigenvalue weighted by atomic mass is 10.1. The molecule has 0 fully saturated rings. The van der Waals surface area contributed by atoms with E-state index < -0.39 is 24.1 Å². The maximum absolute atomic E-state index is 11.3. The highest BCUT2D eigenvalue weighted by atomic mass is 16.6. The Bertz CT molecular complexity index is 902. The molecule has 0 aliphatic heterocycles. The molecule has 0 spiro atoms. The topological polar surface area (TPSA) is 71.1 Å². The van der Waals surface area contributed by atoms with Crippen LogP contribution < -0.4 is 9.47 Å². The van der Waals surface area contributed by atoms with Crippen LogP contribution >= 0.6 is 0 Å². The van der Waals surface area contributed by atoms with E-state index in [0.717, 1.165) is 34.2 Å². The minimum absolute atomic E-state index is 0.226. The number of benzene rings is 2. The second-order valence-corrected chi connectivity index (χ2v) is 6.62. The third-order valence-corrected chi connectivity index (χ3v) is 4.05. The van der Waals surface area contributed by atoms with Crippen molar-refractivity contribution in [3.05, 3.63) is 61.2 Å². The molecule has 2 aromatic rings. The van der Waals surface area contributed by atoms with Crippen molar-refractivity contribution >= 4 is 22.7 Å². The smallest absolute Gasteiger partial charge is 0.330 e. The van der Waals surface area contributed by atoms with Crippen LogP contribution in [0.5, 0.6) is 11.5 Å². The largest absolute Gasteiger partial charge is 0.490 e. The highest BCUT2D eigenvalue weighted by molar-refractivity contribution is 5.90. The first kappa shape index (κ1) is 22.0. The SMILES string of the molecule is C=CC(=O)OC(C)COc1ccc2c(OCC(C)OC(=O)C=C)c(C)ccc2c1. The van der Waals surface area contributed by atoms with Crippen LogP contribution in [0, 0.1) is 6.92 Å². The molecule has 0 heterocycles. The number of carbonyl (C=O) groups is 2. The summed E-state index contributed by atoms with van der Waals surface area (Å²) in [4.78, 5) is 22.5. The molecule has 6 nitrogen and oxygen atoms in total. The quantitative estimate of drug-likeness (QED) is 0.442. The standard InChI is InChI=1S/C23H26O6/c1-6-21(24)28-16(4)13-26-19-10-11-20-18(12-19)9-8-15(3)23(20)27-14-17(5)29-22(25)7-2/h6-12,16-17H,1-2,13-14H2,3-5H3. The van der Waals surface area contributed by atoms with Gasteiger partial charge in [-0.05, 0) is 49.9 Å². The zero-order valence-corrected chi connectivity index (χ0v) is 17.0. The molecular weight excluding hydrogens is 372 g/mol. The Hall–Kier alpha value is -3.28. The first-order valence-electron chi connectivity index (χ1n) is 9.29. The van der Waals surface area contributed by atoms with E-state index in [1.165, 1.54) is 0 Å². The molecule has 2 rings (SSSR count). The van der Waals surface area contributed by atoms with Gasteiger partial charge in [-0.3, -0.25) is 0 Å². The fourth-order valence-corrected chi connectivity index (χ4v) is 2.64. The molecule has 154 valence electrons. The lowest BCUT2D eigenvalue weighted by Gasteiger charge is -2.17. The van der Waals surface area contributed by atoms with Crippen molar-refractivity contribution in [2.45, 2.75) is 33.0 Å². The van der Waals surface area contributed by atoms with Crippen LogP contribution in [0.3, 0.4) is 0 Å². The zero-order valence-electron chi connectivity index (χ0n) is 17.0. The zero-order chi connectivity index (χ0) is 21.4. The van der Waals surface area contributed by atoms with Crippen molar-refractivity contribution in [1.29, 1.82) is 0 Å². The summed E-state index contributed by atoms with van der Waals surface area (Å²) in [6.45, 7) is 12.7. The number of esters is 2. The number of hydrogen-bond acceptors (Lipinski definition) is 6. The number of carbonyl (C=O) groups excluding carboxylic acids is 2. The van der Waals surface area contributed by atoms with Gasteiger partial charge in [-0.1, -0.05) is 25.3 Å². The van der Waals surface area contributed by atoms with E-state index in [4.69, 9.17) is 18.9 Å². The van der Waals surface area contributed by atoms with E-state index >= 15 is 0 Å². The molecule has 0 bridgehead atoms. The Kier molecular flexibility index (Phi) is 7.83. The maximum Gasteiger partial charge on any atom is 0.330 e. The average molecular weight is 398 g/mol. The third-order valence-electron chi connectivity index (χ3n) is 4.05. The minimum Gasteiger partial charge on any atom is -0.490 e. The molecule has 29 heavy (non-hydrogen) atoms. The predicted molar refractivity (Wildman–Crippen MR) is 111 cm³/mol. The van der Waals surface area contributed by atoms with Crippen molar-refractivity contribution in [3.63, 3.8) is 0 Å². The summed E-state index contributed by atoms with van der Waals surface area (Å²) in [6, 6.07) is 9.57. The molecule has 0 saturated heterocycles. The van der Waals surface area contributed by atoms with Crippen LogP contribution in [-0.2, 0) is 19.1 Å². The molecule has 6 heteroatoms. The van der Waals surface area contributed by atoms with Gasteiger partial charge >= 0.3 is 11.9 Å². The Labute approximate surface area is 170 Å². The van der Waals surface area contributed by atoms with Crippen molar-refractivity contribution in [2.75, 3.05) is 13.2 Å². The molecule has 2 unspecified atom stereocenters. The maximum atomic E-state index is 11.3. The Morgan fingerprint density at radius 3 is 2.10 bits per heavy atom. The molecule has 0 N–H and O–H groups in total. The lowest BCUT2D eigenvalue weighted by Crippen LogP contribution is -2.21. The molecule has 2 aromatic carbocycles. The van der Waals surface area contributed by atoms with E-state index in [0.29, 0.717) is 5.75 Å². The predicted octanol–water partition coefficient (Wildman–Crippen LogP) is 4.14. The van der Waals surface area contributed by atoms with Crippen molar-refractivity contribution in [1.82, 2.24) is 0 Å². The number of hydrogen-bond donors (Lipinski definition) is 0. The van der Waals surface area contributed by atoms with E-state index in [1.807, 2.05) is 37.3 Å². The van der Waals surface area contributed by atoms with E-state index in [1.54, 1.807) is 13.8 Å². The molecule has 0 aliphatic carbocycles. The second kappa shape index (κ2) is 10.3. The molecule has 0 amide bonds. The van der Waals surface area contributed by atoms with Gasteiger partial charge in [0.2, 0.25) is 0 Å².